The molecule has 0 bridgehead atoms. The molecule has 4 heterocycles. The zero-order valence-electron chi connectivity index (χ0n) is 35.1. The molecule has 0 saturated heterocycles. The number of allylic oxidation sites excluding steroid dienone is 1. The van der Waals surface area contributed by atoms with Crippen molar-refractivity contribution in [2.75, 3.05) is 0 Å². The summed E-state index contributed by atoms with van der Waals surface area (Å²) < 4.78 is 7.60. The van der Waals surface area contributed by atoms with Crippen LogP contribution in [0.2, 0.25) is 0 Å². The van der Waals surface area contributed by atoms with Gasteiger partial charge in [0.1, 0.15) is 0 Å². The molecule has 0 atom stereocenters. The molecule has 0 fully saturated rings. The van der Waals surface area contributed by atoms with E-state index in [9.17, 15) is 0 Å². The third-order valence-electron chi connectivity index (χ3n) is 13.5. The Labute approximate surface area is 382 Å². The lowest BCUT2D eigenvalue weighted by Gasteiger charge is -2.17. The molecule has 1 aliphatic heterocycles. The van der Waals surface area contributed by atoms with Crippen LogP contribution in [0.1, 0.15) is 29.5 Å². The molecule has 0 N–H and O–H groups in total. The number of benzene rings is 10. The van der Waals surface area contributed by atoms with Crippen LogP contribution in [0.3, 0.4) is 0 Å². The summed E-state index contributed by atoms with van der Waals surface area (Å²) in [6, 6.07) is 71.2. The first-order valence-corrected chi connectivity index (χ1v) is 23.9. The molecular formula is C60H37N3S2. The zero-order chi connectivity index (χ0) is 42.6. The van der Waals surface area contributed by atoms with Crippen molar-refractivity contribution in [3.8, 4) is 5.69 Å². The Morgan fingerprint density at radius 1 is 0.400 bits per heavy atom. The fraction of sp³-hybridized carbons (Fsp3) is 0.0333. The van der Waals surface area contributed by atoms with Crippen LogP contribution in [0.4, 0.5) is 0 Å². The van der Waals surface area contributed by atoms with Gasteiger partial charge >= 0.3 is 0 Å². The van der Waals surface area contributed by atoms with E-state index in [2.05, 4.69) is 205 Å². The van der Waals surface area contributed by atoms with E-state index in [1.54, 1.807) is 0 Å². The van der Waals surface area contributed by atoms with Gasteiger partial charge in [0.15, 0.2) is 5.84 Å². The van der Waals surface area contributed by atoms with Crippen molar-refractivity contribution < 1.29 is 0 Å². The van der Waals surface area contributed by atoms with Crippen LogP contribution in [0.25, 0.3) is 106 Å². The first-order chi connectivity index (χ1) is 32.2. The molecular weight excluding hydrogens is 827 g/mol. The van der Waals surface area contributed by atoms with Crippen LogP contribution in [0, 0.1) is 0 Å². The van der Waals surface area contributed by atoms with E-state index in [1.807, 2.05) is 22.7 Å². The molecule has 0 amide bonds. The average molecular weight is 864 g/mol. The standard InChI is InChI=1S/C60H37N3S2/c1-3-17-39-34-52-47(32-37(39)15-1)48-33-38-16-2-4-18-40(38)35-53(48)63(52)51-31-30-44(58-46-22-8-10-28-55(46)65-59(51)58)50-26-13-25-49(43-24-12-29-56-57(43)45-21-7-9-27-54(45)64-56)61-60(62-50)42-23-11-19-36-14-5-6-20-41(36)42/h1-12,14-24,26-35H,13,25H2. The van der Waals surface area contributed by atoms with Crippen LogP contribution < -0.4 is 0 Å². The minimum Gasteiger partial charge on any atom is -0.308 e. The highest BCUT2D eigenvalue weighted by atomic mass is 32.1. The Hall–Kier alpha value is -7.70. The van der Waals surface area contributed by atoms with E-state index in [0.717, 1.165) is 46.6 Å². The lowest BCUT2D eigenvalue weighted by atomic mass is 9.96. The number of hydrogen-bond donors (Lipinski definition) is 0. The zero-order valence-corrected chi connectivity index (χ0v) is 36.8. The van der Waals surface area contributed by atoms with E-state index in [4.69, 9.17) is 9.98 Å². The van der Waals surface area contributed by atoms with E-state index < -0.39 is 0 Å². The van der Waals surface area contributed by atoms with Gasteiger partial charge in [0.25, 0.3) is 0 Å². The van der Waals surface area contributed by atoms with Crippen LogP contribution in [-0.2, 0) is 0 Å². The van der Waals surface area contributed by atoms with Crippen molar-refractivity contribution in [3.63, 3.8) is 0 Å². The second-order valence-corrected chi connectivity index (χ2v) is 19.3. The molecule has 13 aromatic rings. The highest BCUT2D eigenvalue weighted by Gasteiger charge is 2.23. The van der Waals surface area contributed by atoms with Crippen molar-refractivity contribution in [1.82, 2.24) is 4.57 Å². The summed E-state index contributed by atoms with van der Waals surface area (Å²) in [5, 5.41) is 14.8. The Morgan fingerprint density at radius 2 is 0.954 bits per heavy atom. The maximum atomic E-state index is 5.72. The Kier molecular flexibility index (Phi) is 8.15. The molecule has 0 spiro atoms. The summed E-state index contributed by atoms with van der Waals surface area (Å²) in [5.41, 5.74) is 8.95. The number of aromatic nitrogens is 1. The van der Waals surface area contributed by atoms with Gasteiger partial charge in [-0.2, -0.15) is 0 Å². The summed E-state index contributed by atoms with van der Waals surface area (Å²) in [6.07, 6.45) is 3.95. The number of amidine groups is 1. The third-order valence-corrected chi connectivity index (χ3v) is 15.8. The lowest BCUT2D eigenvalue weighted by Crippen LogP contribution is -2.10. The maximum absolute atomic E-state index is 5.72. The quantitative estimate of drug-likeness (QED) is 0.169. The predicted molar refractivity (Wildman–Crippen MR) is 282 cm³/mol. The molecule has 10 aromatic carbocycles. The minimum atomic E-state index is 0.734. The van der Waals surface area contributed by atoms with E-state index in [-0.39, 0.29) is 0 Å². The highest BCUT2D eigenvalue weighted by molar-refractivity contribution is 7.26. The molecule has 0 radical (unpaired) electrons. The van der Waals surface area contributed by atoms with Crippen molar-refractivity contribution >= 4 is 134 Å². The number of aliphatic imine (C=N–C) groups is 2. The van der Waals surface area contributed by atoms with Crippen LogP contribution in [0.5, 0.6) is 0 Å². The van der Waals surface area contributed by atoms with Crippen LogP contribution in [0.15, 0.2) is 210 Å². The topological polar surface area (TPSA) is 29.6 Å². The van der Waals surface area contributed by atoms with Crippen LogP contribution in [-0.4, -0.2) is 16.1 Å². The summed E-state index contributed by atoms with van der Waals surface area (Å²) in [4.78, 5) is 11.4. The van der Waals surface area contributed by atoms with Gasteiger partial charge in [0.05, 0.1) is 32.8 Å². The van der Waals surface area contributed by atoms with Crippen molar-refractivity contribution in [3.05, 3.63) is 217 Å². The van der Waals surface area contributed by atoms with E-state index in [1.165, 1.54) is 100 Å². The number of nitrogens with zero attached hydrogens (tertiary/aromatic N) is 3. The van der Waals surface area contributed by atoms with Gasteiger partial charge in [-0.05, 0) is 93.7 Å². The van der Waals surface area contributed by atoms with Gasteiger partial charge in [0, 0.05) is 63.1 Å². The number of thiophene rings is 2. The monoisotopic (exact) mass is 863 g/mol. The largest absolute Gasteiger partial charge is 0.308 e. The normalized spacial score (nSPS) is 13.7. The van der Waals surface area contributed by atoms with E-state index in [0.29, 0.717) is 0 Å². The predicted octanol–water partition coefficient (Wildman–Crippen LogP) is 17.0. The SMILES string of the molecule is C1=C(c2ccc(-n3c4cc5ccccc5cc4c4cc5ccccc5cc43)c3sc4ccccc4c23)N=C(c2cccc3ccccc23)N=C(c2cccc3sc4ccccc4c23)CC1. The fourth-order valence-electron chi connectivity index (χ4n) is 10.5. The third kappa shape index (κ3) is 5.72. The highest BCUT2D eigenvalue weighted by Crippen LogP contribution is 2.46. The number of hydrogen-bond acceptors (Lipinski definition) is 4. The maximum Gasteiger partial charge on any atom is 0.160 e. The first-order valence-electron chi connectivity index (χ1n) is 22.3. The molecule has 0 saturated carbocycles. The first kappa shape index (κ1) is 36.8. The Balaban J connectivity index is 1.03. The van der Waals surface area contributed by atoms with Crippen molar-refractivity contribution in [1.29, 1.82) is 0 Å². The fourth-order valence-corrected chi connectivity index (χ4v) is 12.9. The molecule has 3 nitrogen and oxygen atoms in total. The van der Waals surface area contributed by atoms with E-state index >= 15 is 0 Å². The van der Waals surface area contributed by atoms with Gasteiger partial charge in [0.2, 0.25) is 0 Å². The molecule has 0 unspecified atom stereocenters. The molecule has 1 aliphatic rings. The summed E-state index contributed by atoms with van der Waals surface area (Å²) in [6.45, 7) is 0. The van der Waals surface area contributed by atoms with Gasteiger partial charge in [-0.1, -0.05) is 152 Å². The average Bonchev–Trinajstić information content (AvgIpc) is 4.02. The molecule has 304 valence electrons. The van der Waals surface area contributed by atoms with Gasteiger partial charge in [-0.25, -0.2) is 9.98 Å². The van der Waals surface area contributed by atoms with Gasteiger partial charge in [-0.15, -0.1) is 22.7 Å². The Morgan fingerprint density at radius 3 is 1.68 bits per heavy atom. The van der Waals surface area contributed by atoms with Crippen molar-refractivity contribution in [2.45, 2.75) is 12.8 Å². The molecule has 65 heavy (non-hydrogen) atoms. The molecule has 5 heteroatoms. The number of rotatable bonds is 4. The van der Waals surface area contributed by atoms with Gasteiger partial charge in [-0.3, -0.25) is 0 Å². The molecule has 14 rings (SSSR count). The lowest BCUT2D eigenvalue weighted by molar-refractivity contribution is 1.09. The summed E-state index contributed by atoms with van der Waals surface area (Å²) >= 11 is 3.73. The minimum absolute atomic E-state index is 0.734. The van der Waals surface area contributed by atoms with Crippen LogP contribution >= 0.6 is 22.7 Å². The van der Waals surface area contributed by atoms with Crippen molar-refractivity contribution in [2.24, 2.45) is 9.98 Å². The Bertz CT molecular complexity index is 4150. The van der Waals surface area contributed by atoms with Gasteiger partial charge < -0.3 is 4.57 Å². The summed E-state index contributed by atoms with van der Waals surface area (Å²) in [7, 11) is 0. The number of fused-ring (bicyclic) bond motifs is 12. The molecule has 0 aliphatic carbocycles. The summed E-state index contributed by atoms with van der Waals surface area (Å²) in [5.74, 6) is 0.734. The second-order valence-electron chi connectivity index (χ2n) is 17.1. The smallest absolute Gasteiger partial charge is 0.160 e. The molecule has 3 aromatic heterocycles. The second kappa shape index (κ2) is 14.4.